The van der Waals surface area contributed by atoms with Gasteiger partial charge in [0.15, 0.2) is 4.90 Å². The van der Waals surface area contributed by atoms with E-state index in [9.17, 15) is 18.5 Å². The second-order valence-corrected chi connectivity index (χ2v) is 6.35. The number of piperazine rings is 1. The Labute approximate surface area is 111 Å². The molecule has 0 aliphatic carbocycles. The lowest BCUT2D eigenvalue weighted by atomic mass is 10.3. The SMILES string of the molecule is CC1CN(S(=O)(=O)c2ccccc2[N+](=O)[O-])CCN1. The van der Waals surface area contributed by atoms with E-state index < -0.39 is 14.9 Å². The molecular weight excluding hydrogens is 270 g/mol. The normalized spacial score (nSPS) is 21.2. The fraction of sp³-hybridized carbons (Fsp3) is 0.455. The molecule has 0 radical (unpaired) electrons. The standard InChI is InChI=1S/C11H15N3O4S/c1-9-8-13(7-6-12-9)19(17,18)11-5-3-2-4-10(11)14(15)16/h2-5,9,12H,6-8H2,1H3. The molecule has 1 aromatic rings. The molecule has 19 heavy (non-hydrogen) atoms. The maximum Gasteiger partial charge on any atom is 0.289 e. The molecule has 0 bridgehead atoms. The fourth-order valence-electron chi connectivity index (χ4n) is 2.08. The van der Waals surface area contributed by atoms with E-state index in [-0.39, 0.29) is 16.6 Å². The third kappa shape index (κ3) is 2.75. The Kier molecular flexibility index (Phi) is 3.83. The van der Waals surface area contributed by atoms with Crippen LogP contribution in [0.3, 0.4) is 0 Å². The molecule has 1 aromatic carbocycles. The van der Waals surface area contributed by atoms with Crippen LogP contribution in [0.15, 0.2) is 29.2 Å². The molecule has 7 nitrogen and oxygen atoms in total. The summed E-state index contributed by atoms with van der Waals surface area (Å²) in [5.41, 5.74) is -0.381. The van der Waals surface area contributed by atoms with Gasteiger partial charge in [0.05, 0.1) is 4.92 Å². The quantitative estimate of drug-likeness (QED) is 0.647. The number of nitro benzene ring substituents is 1. The van der Waals surface area contributed by atoms with Gasteiger partial charge in [0.2, 0.25) is 10.0 Å². The Morgan fingerprint density at radius 3 is 2.74 bits per heavy atom. The minimum atomic E-state index is -3.82. The monoisotopic (exact) mass is 285 g/mol. The summed E-state index contributed by atoms with van der Waals surface area (Å²) in [6.45, 7) is 3.05. The number of sulfonamides is 1. The van der Waals surface area contributed by atoms with Crippen LogP contribution in [-0.4, -0.2) is 43.3 Å². The molecule has 0 aromatic heterocycles. The highest BCUT2D eigenvalue weighted by atomic mass is 32.2. The Hall–Kier alpha value is -1.51. The van der Waals surface area contributed by atoms with Gasteiger partial charge in [0.1, 0.15) is 0 Å². The van der Waals surface area contributed by atoms with Gasteiger partial charge in [0, 0.05) is 31.7 Å². The first kappa shape index (κ1) is 13.9. The molecule has 0 saturated carbocycles. The molecule has 0 spiro atoms. The molecule has 1 unspecified atom stereocenters. The van der Waals surface area contributed by atoms with Crippen LogP contribution in [0.1, 0.15) is 6.92 Å². The van der Waals surface area contributed by atoms with Crippen LogP contribution in [0.2, 0.25) is 0 Å². The average Bonchev–Trinajstić information content (AvgIpc) is 2.38. The van der Waals surface area contributed by atoms with Crippen molar-refractivity contribution in [3.05, 3.63) is 34.4 Å². The van der Waals surface area contributed by atoms with Gasteiger partial charge >= 0.3 is 0 Å². The van der Waals surface area contributed by atoms with Crippen molar-refractivity contribution in [2.75, 3.05) is 19.6 Å². The average molecular weight is 285 g/mol. The van der Waals surface area contributed by atoms with Crippen molar-refractivity contribution in [1.82, 2.24) is 9.62 Å². The summed E-state index contributed by atoms with van der Waals surface area (Å²) in [4.78, 5) is 10.0. The molecule has 1 saturated heterocycles. The maximum absolute atomic E-state index is 12.5. The number of rotatable bonds is 3. The minimum Gasteiger partial charge on any atom is -0.312 e. The molecule has 1 atom stereocenters. The van der Waals surface area contributed by atoms with Crippen molar-refractivity contribution in [1.29, 1.82) is 0 Å². The molecule has 1 fully saturated rings. The minimum absolute atomic E-state index is 0.0336. The summed E-state index contributed by atoms with van der Waals surface area (Å²) in [5, 5.41) is 14.1. The Bertz CT molecular complexity index is 587. The van der Waals surface area contributed by atoms with Gasteiger partial charge in [-0.15, -0.1) is 0 Å². The Morgan fingerprint density at radius 1 is 1.42 bits per heavy atom. The molecule has 8 heteroatoms. The summed E-state index contributed by atoms with van der Waals surface area (Å²) < 4.78 is 26.2. The van der Waals surface area contributed by atoms with Gasteiger partial charge in [-0.25, -0.2) is 8.42 Å². The highest BCUT2D eigenvalue weighted by molar-refractivity contribution is 7.89. The van der Waals surface area contributed by atoms with E-state index in [2.05, 4.69) is 5.32 Å². The molecule has 1 heterocycles. The number of nitrogens with zero attached hydrogens (tertiary/aromatic N) is 2. The van der Waals surface area contributed by atoms with E-state index in [0.717, 1.165) is 0 Å². The molecular formula is C11H15N3O4S. The predicted octanol–water partition coefficient (Wildman–Crippen LogP) is 0.577. The molecule has 1 aliphatic heterocycles. The zero-order chi connectivity index (χ0) is 14.0. The highest BCUT2D eigenvalue weighted by Crippen LogP contribution is 2.26. The first-order chi connectivity index (χ1) is 8.93. The van der Waals surface area contributed by atoms with E-state index in [4.69, 9.17) is 0 Å². The molecule has 1 N–H and O–H groups in total. The van der Waals surface area contributed by atoms with Crippen LogP contribution in [0.5, 0.6) is 0 Å². The van der Waals surface area contributed by atoms with Crippen molar-refractivity contribution in [2.45, 2.75) is 17.9 Å². The predicted molar refractivity (Wildman–Crippen MR) is 69.3 cm³/mol. The summed E-state index contributed by atoms with van der Waals surface area (Å²) in [6.07, 6.45) is 0. The smallest absolute Gasteiger partial charge is 0.289 e. The third-order valence-corrected chi connectivity index (χ3v) is 4.92. The van der Waals surface area contributed by atoms with Gasteiger partial charge in [-0.2, -0.15) is 4.31 Å². The Balaban J connectivity index is 2.42. The number of benzene rings is 1. The third-order valence-electron chi connectivity index (χ3n) is 3.01. The number of nitro groups is 1. The van der Waals surface area contributed by atoms with Crippen molar-refractivity contribution < 1.29 is 13.3 Å². The maximum atomic E-state index is 12.5. The van der Waals surface area contributed by atoms with Gasteiger partial charge in [-0.05, 0) is 13.0 Å². The van der Waals surface area contributed by atoms with Gasteiger partial charge in [0.25, 0.3) is 5.69 Å². The number of para-hydroxylation sites is 1. The second kappa shape index (κ2) is 5.24. The number of hydrogen-bond acceptors (Lipinski definition) is 5. The highest BCUT2D eigenvalue weighted by Gasteiger charge is 2.33. The van der Waals surface area contributed by atoms with Crippen LogP contribution >= 0.6 is 0 Å². The summed E-state index contributed by atoms with van der Waals surface area (Å²) >= 11 is 0. The van der Waals surface area contributed by atoms with E-state index in [0.29, 0.717) is 19.6 Å². The van der Waals surface area contributed by atoms with Crippen LogP contribution in [-0.2, 0) is 10.0 Å². The number of nitrogens with one attached hydrogen (secondary N) is 1. The van der Waals surface area contributed by atoms with Crippen molar-refractivity contribution >= 4 is 15.7 Å². The second-order valence-electron chi connectivity index (χ2n) is 4.44. The zero-order valence-electron chi connectivity index (χ0n) is 10.4. The number of hydrogen-bond donors (Lipinski definition) is 1. The van der Waals surface area contributed by atoms with E-state index in [1.54, 1.807) is 0 Å². The lowest BCUT2D eigenvalue weighted by molar-refractivity contribution is -0.387. The zero-order valence-corrected chi connectivity index (χ0v) is 11.3. The first-order valence-electron chi connectivity index (χ1n) is 5.90. The molecule has 2 rings (SSSR count). The van der Waals surface area contributed by atoms with E-state index >= 15 is 0 Å². The summed E-state index contributed by atoms with van der Waals surface area (Å²) in [6, 6.07) is 5.47. The first-order valence-corrected chi connectivity index (χ1v) is 7.34. The van der Waals surface area contributed by atoms with Crippen molar-refractivity contribution in [2.24, 2.45) is 0 Å². The lowest BCUT2D eigenvalue weighted by Gasteiger charge is -2.30. The van der Waals surface area contributed by atoms with E-state index in [1.807, 2.05) is 6.92 Å². The molecule has 1 aliphatic rings. The van der Waals surface area contributed by atoms with Crippen LogP contribution < -0.4 is 5.32 Å². The fourth-order valence-corrected chi connectivity index (χ4v) is 3.77. The van der Waals surface area contributed by atoms with Gasteiger partial charge < -0.3 is 5.32 Å². The van der Waals surface area contributed by atoms with E-state index in [1.165, 1.54) is 28.6 Å². The summed E-state index contributed by atoms with van der Waals surface area (Å²) in [5.74, 6) is 0. The topological polar surface area (TPSA) is 92.5 Å². The van der Waals surface area contributed by atoms with Crippen LogP contribution in [0, 0.1) is 10.1 Å². The van der Waals surface area contributed by atoms with Gasteiger partial charge in [-0.3, -0.25) is 10.1 Å². The van der Waals surface area contributed by atoms with Crippen molar-refractivity contribution in [3.8, 4) is 0 Å². The van der Waals surface area contributed by atoms with Crippen LogP contribution in [0.25, 0.3) is 0 Å². The lowest BCUT2D eigenvalue weighted by Crippen LogP contribution is -2.51. The van der Waals surface area contributed by atoms with Gasteiger partial charge in [-0.1, -0.05) is 12.1 Å². The summed E-state index contributed by atoms with van der Waals surface area (Å²) in [7, 11) is -3.82. The molecule has 0 amide bonds. The molecule has 104 valence electrons. The largest absolute Gasteiger partial charge is 0.312 e. The Morgan fingerprint density at radius 2 is 2.11 bits per heavy atom. The van der Waals surface area contributed by atoms with Crippen molar-refractivity contribution in [3.63, 3.8) is 0 Å². The van der Waals surface area contributed by atoms with Crippen LogP contribution in [0.4, 0.5) is 5.69 Å².